The first kappa shape index (κ1) is 14.0. The van der Waals surface area contributed by atoms with Crippen LogP contribution in [-0.4, -0.2) is 11.1 Å². The van der Waals surface area contributed by atoms with Crippen LogP contribution in [0, 0.1) is 0 Å². The van der Waals surface area contributed by atoms with E-state index in [4.69, 9.17) is 5.21 Å². The Morgan fingerprint density at radius 3 is 2.45 bits per heavy atom. The van der Waals surface area contributed by atoms with E-state index in [9.17, 15) is 4.79 Å². The van der Waals surface area contributed by atoms with Crippen molar-refractivity contribution in [1.82, 2.24) is 5.48 Å². The fourth-order valence-electron chi connectivity index (χ4n) is 1.99. The smallest absolute Gasteiger partial charge is 0.267 e. The molecule has 0 saturated heterocycles. The zero-order valence-corrected chi connectivity index (χ0v) is 11.1. The average molecular weight is 267 g/mol. The highest BCUT2D eigenvalue weighted by atomic mass is 16.5. The number of carbonyl (C=O) groups is 1. The maximum atomic E-state index is 10.9. The van der Waals surface area contributed by atoms with Crippen LogP contribution in [0.2, 0.25) is 0 Å². The summed E-state index contributed by atoms with van der Waals surface area (Å²) < 4.78 is 0. The summed E-state index contributed by atoms with van der Waals surface area (Å²) in [6, 6.07) is 18.4. The highest BCUT2D eigenvalue weighted by Crippen LogP contribution is 2.11. The second kappa shape index (κ2) is 7.26. The number of carbonyl (C=O) groups excluding carboxylic acids is 1. The van der Waals surface area contributed by atoms with Crippen LogP contribution in [0.1, 0.15) is 16.7 Å². The van der Waals surface area contributed by atoms with Gasteiger partial charge < -0.3 is 0 Å². The van der Waals surface area contributed by atoms with Gasteiger partial charge in [0.15, 0.2) is 0 Å². The topological polar surface area (TPSA) is 49.3 Å². The molecule has 20 heavy (non-hydrogen) atoms. The van der Waals surface area contributed by atoms with Gasteiger partial charge >= 0.3 is 0 Å². The van der Waals surface area contributed by atoms with Crippen molar-refractivity contribution in [1.29, 1.82) is 0 Å². The molecule has 0 unspecified atom stereocenters. The molecule has 0 saturated carbocycles. The molecule has 2 aromatic rings. The maximum Gasteiger partial charge on any atom is 0.267 e. The van der Waals surface area contributed by atoms with Gasteiger partial charge in [0.05, 0.1) is 0 Å². The van der Waals surface area contributed by atoms with E-state index in [2.05, 4.69) is 18.2 Å². The number of hydrogen-bond acceptors (Lipinski definition) is 2. The minimum absolute atomic E-state index is 0.528. The van der Waals surface area contributed by atoms with E-state index in [0.717, 1.165) is 18.4 Å². The van der Waals surface area contributed by atoms with Gasteiger partial charge in [-0.15, -0.1) is 0 Å². The van der Waals surface area contributed by atoms with E-state index < -0.39 is 5.91 Å². The normalized spacial score (nSPS) is 10.7. The molecule has 0 bridgehead atoms. The number of nitrogens with one attached hydrogen (secondary N) is 1. The maximum absolute atomic E-state index is 10.9. The first-order valence-electron chi connectivity index (χ1n) is 6.53. The van der Waals surface area contributed by atoms with Crippen molar-refractivity contribution in [2.24, 2.45) is 0 Å². The Balaban J connectivity index is 1.99. The molecule has 0 aliphatic carbocycles. The van der Waals surface area contributed by atoms with Gasteiger partial charge in [0.1, 0.15) is 0 Å². The molecule has 3 heteroatoms. The van der Waals surface area contributed by atoms with Crippen molar-refractivity contribution in [2.45, 2.75) is 12.8 Å². The molecule has 0 aliphatic heterocycles. The van der Waals surface area contributed by atoms with Gasteiger partial charge in [-0.05, 0) is 35.6 Å². The number of hydroxylamine groups is 1. The third-order valence-corrected chi connectivity index (χ3v) is 3.03. The second-order valence-corrected chi connectivity index (χ2v) is 4.54. The molecule has 2 rings (SSSR count). The van der Waals surface area contributed by atoms with Crippen molar-refractivity contribution < 1.29 is 10.0 Å². The van der Waals surface area contributed by atoms with E-state index in [1.54, 1.807) is 11.6 Å². The lowest BCUT2D eigenvalue weighted by molar-refractivity contribution is -0.124. The molecule has 0 aromatic heterocycles. The highest BCUT2D eigenvalue weighted by Gasteiger charge is 1.97. The lowest BCUT2D eigenvalue weighted by Crippen LogP contribution is -2.14. The molecular formula is C17H17NO2. The summed E-state index contributed by atoms with van der Waals surface area (Å²) >= 11 is 0. The highest BCUT2D eigenvalue weighted by molar-refractivity contribution is 5.90. The fourth-order valence-corrected chi connectivity index (χ4v) is 1.99. The van der Waals surface area contributed by atoms with Crippen LogP contribution in [0.25, 0.3) is 6.08 Å². The standard InChI is InChI=1S/C17H17NO2/c19-17(18-20)12-11-16-8-4-7-15(13-16)10-9-14-5-2-1-3-6-14/h1-8,11-13,20H,9-10H2,(H,18,19)/b12-11+. The van der Waals surface area contributed by atoms with Gasteiger partial charge in [0.25, 0.3) is 5.91 Å². The average Bonchev–Trinajstić information content (AvgIpc) is 2.52. The molecule has 0 heterocycles. The van der Waals surface area contributed by atoms with E-state index in [1.807, 2.05) is 36.4 Å². The Hall–Kier alpha value is -2.39. The van der Waals surface area contributed by atoms with Crippen molar-refractivity contribution >= 4 is 12.0 Å². The van der Waals surface area contributed by atoms with Crippen LogP contribution in [-0.2, 0) is 17.6 Å². The monoisotopic (exact) mass is 267 g/mol. The molecule has 2 aromatic carbocycles. The summed E-state index contributed by atoms with van der Waals surface area (Å²) in [5.74, 6) is -0.528. The quantitative estimate of drug-likeness (QED) is 0.497. The van der Waals surface area contributed by atoms with E-state index in [-0.39, 0.29) is 0 Å². The molecule has 102 valence electrons. The van der Waals surface area contributed by atoms with Crippen LogP contribution >= 0.6 is 0 Å². The van der Waals surface area contributed by atoms with Crippen molar-refractivity contribution in [3.05, 3.63) is 77.4 Å². The minimum atomic E-state index is -0.528. The van der Waals surface area contributed by atoms with E-state index in [1.165, 1.54) is 17.2 Å². The second-order valence-electron chi connectivity index (χ2n) is 4.54. The number of rotatable bonds is 5. The first-order valence-corrected chi connectivity index (χ1v) is 6.53. The Labute approximate surface area is 118 Å². The summed E-state index contributed by atoms with van der Waals surface area (Å²) in [5.41, 5.74) is 5.05. The van der Waals surface area contributed by atoms with Crippen LogP contribution in [0.4, 0.5) is 0 Å². The molecule has 0 radical (unpaired) electrons. The molecule has 0 aliphatic rings. The Morgan fingerprint density at radius 2 is 1.70 bits per heavy atom. The number of hydrogen-bond donors (Lipinski definition) is 2. The zero-order chi connectivity index (χ0) is 14.2. The first-order chi connectivity index (χ1) is 9.78. The van der Waals surface area contributed by atoms with Crippen LogP contribution in [0.15, 0.2) is 60.7 Å². The molecular weight excluding hydrogens is 250 g/mol. The van der Waals surface area contributed by atoms with Crippen molar-refractivity contribution in [3.63, 3.8) is 0 Å². The van der Waals surface area contributed by atoms with Crippen molar-refractivity contribution in [3.8, 4) is 0 Å². The van der Waals surface area contributed by atoms with Crippen LogP contribution in [0.5, 0.6) is 0 Å². The predicted octanol–water partition coefficient (Wildman–Crippen LogP) is 2.99. The Kier molecular flexibility index (Phi) is 5.09. The number of amides is 1. The summed E-state index contributed by atoms with van der Waals surface area (Å²) in [7, 11) is 0. The molecule has 2 N–H and O–H groups in total. The van der Waals surface area contributed by atoms with E-state index >= 15 is 0 Å². The molecule has 0 spiro atoms. The zero-order valence-electron chi connectivity index (χ0n) is 11.1. The Morgan fingerprint density at radius 1 is 1.00 bits per heavy atom. The van der Waals surface area contributed by atoms with Gasteiger partial charge in [-0.1, -0.05) is 54.6 Å². The lowest BCUT2D eigenvalue weighted by Gasteiger charge is -2.03. The molecule has 0 fully saturated rings. The Bertz CT molecular complexity index is 591. The molecule has 0 atom stereocenters. The SMILES string of the molecule is O=C(/C=C/c1cccc(CCc2ccccc2)c1)NO. The third-order valence-electron chi connectivity index (χ3n) is 3.03. The van der Waals surface area contributed by atoms with Crippen molar-refractivity contribution in [2.75, 3.05) is 0 Å². The fraction of sp³-hybridized carbons (Fsp3) is 0.118. The van der Waals surface area contributed by atoms with E-state index in [0.29, 0.717) is 0 Å². The van der Waals surface area contributed by atoms with Gasteiger partial charge in [-0.25, -0.2) is 5.48 Å². The molecule has 1 amide bonds. The number of benzene rings is 2. The van der Waals surface area contributed by atoms with Gasteiger partial charge in [0, 0.05) is 6.08 Å². The van der Waals surface area contributed by atoms with Crippen LogP contribution in [0.3, 0.4) is 0 Å². The third kappa shape index (κ3) is 4.37. The number of aryl methyl sites for hydroxylation is 2. The minimum Gasteiger partial charge on any atom is -0.288 e. The summed E-state index contributed by atoms with van der Waals surface area (Å²) in [6.07, 6.45) is 4.93. The van der Waals surface area contributed by atoms with Gasteiger partial charge in [-0.2, -0.15) is 0 Å². The van der Waals surface area contributed by atoms with Crippen LogP contribution < -0.4 is 5.48 Å². The van der Waals surface area contributed by atoms with Gasteiger partial charge in [0.2, 0.25) is 0 Å². The predicted molar refractivity (Wildman–Crippen MR) is 79.3 cm³/mol. The summed E-state index contributed by atoms with van der Waals surface area (Å²) in [5, 5.41) is 8.43. The summed E-state index contributed by atoms with van der Waals surface area (Å²) in [4.78, 5) is 10.9. The lowest BCUT2D eigenvalue weighted by atomic mass is 10.0. The van der Waals surface area contributed by atoms with Gasteiger partial charge in [-0.3, -0.25) is 10.0 Å². The summed E-state index contributed by atoms with van der Waals surface area (Å²) in [6.45, 7) is 0. The largest absolute Gasteiger partial charge is 0.288 e. The molecule has 3 nitrogen and oxygen atoms in total.